The number of hydrogen-bond acceptors (Lipinski definition) is 10. The molecule has 0 unspecified atom stereocenters. The van der Waals surface area contributed by atoms with Gasteiger partial charge in [-0.1, -0.05) is 24.3 Å². The average Bonchev–Trinajstić information content (AvgIpc) is 2.70. The smallest absolute Gasteiger partial charge is 0.416 e. The molecule has 0 saturated heterocycles. The summed E-state index contributed by atoms with van der Waals surface area (Å²) in [6, 6.07) is 12.4. The van der Waals surface area contributed by atoms with E-state index in [1.807, 2.05) is 0 Å². The average molecular weight is 444 g/mol. The lowest BCUT2D eigenvalue weighted by atomic mass is 10.2. The molecule has 150 valence electrons. The summed E-state index contributed by atoms with van der Waals surface area (Å²) in [5.74, 6) is 0. The number of nitrogens with zero attached hydrogens (tertiary/aromatic N) is 2. The largest absolute Gasteiger partial charge is 0.418 e. The van der Waals surface area contributed by atoms with Crippen LogP contribution < -0.4 is 11.3 Å². The molecule has 4 aromatic rings. The molecule has 0 atom stereocenters. The van der Waals surface area contributed by atoms with Crippen molar-refractivity contribution in [3.63, 3.8) is 0 Å². The first-order valence-corrected chi connectivity index (χ1v) is 10.3. The molecule has 0 spiro atoms. The minimum atomic E-state index is -1.14. The Morgan fingerprint density at radius 1 is 0.667 bits per heavy atom. The first-order valence-electron chi connectivity index (χ1n) is 8.13. The summed E-state index contributed by atoms with van der Waals surface area (Å²) < 4.78 is 10.0. The van der Waals surface area contributed by atoms with Gasteiger partial charge in [-0.2, -0.15) is 0 Å². The van der Waals surface area contributed by atoms with Crippen LogP contribution in [0, 0.1) is 20.2 Å². The second-order valence-corrected chi connectivity index (χ2v) is 7.96. The highest BCUT2D eigenvalue weighted by Gasteiger charge is 2.29. The molecule has 0 bridgehead atoms. The van der Waals surface area contributed by atoms with Crippen molar-refractivity contribution in [2.75, 3.05) is 0 Å². The Morgan fingerprint density at radius 3 is 1.40 bits per heavy atom. The molecule has 10 nitrogen and oxygen atoms in total. The van der Waals surface area contributed by atoms with Crippen LogP contribution >= 0.6 is 21.6 Å². The number of hydrogen-bond donors (Lipinski definition) is 0. The first-order chi connectivity index (χ1) is 14.4. The summed E-state index contributed by atoms with van der Waals surface area (Å²) in [4.78, 5) is 45.5. The number of rotatable bonds is 5. The molecule has 0 aliphatic rings. The summed E-state index contributed by atoms with van der Waals surface area (Å²) in [6.07, 6.45) is 0. The van der Waals surface area contributed by atoms with E-state index in [9.17, 15) is 29.8 Å². The van der Waals surface area contributed by atoms with E-state index in [0.29, 0.717) is 0 Å². The Hall–Kier alpha value is -3.64. The van der Waals surface area contributed by atoms with Gasteiger partial charge in [0.1, 0.15) is 21.0 Å². The second-order valence-electron chi connectivity index (χ2n) is 5.81. The highest BCUT2D eigenvalue weighted by Crippen LogP contribution is 2.47. The number of para-hydroxylation sites is 2. The van der Waals surface area contributed by atoms with E-state index >= 15 is 0 Å². The fourth-order valence-electron chi connectivity index (χ4n) is 2.79. The van der Waals surface area contributed by atoms with Crippen molar-refractivity contribution in [1.82, 2.24) is 0 Å². The van der Waals surface area contributed by atoms with Crippen molar-refractivity contribution in [3.8, 4) is 0 Å². The van der Waals surface area contributed by atoms with Crippen LogP contribution in [0.1, 0.15) is 0 Å². The molecule has 2 aromatic carbocycles. The molecule has 0 N–H and O–H groups in total. The van der Waals surface area contributed by atoms with Gasteiger partial charge in [-0.15, -0.1) is 0 Å². The van der Waals surface area contributed by atoms with E-state index in [4.69, 9.17) is 8.83 Å². The zero-order chi connectivity index (χ0) is 21.4. The van der Waals surface area contributed by atoms with Gasteiger partial charge in [0.05, 0.1) is 9.85 Å². The van der Waals surface area contributed by atoms with Crippen molar-refractivity contribution in [3.05, 3.63) is 89.6 Å². The third-order valence-corrected chi connectivity index (χ3v) is 6.55. The monoisotopic (exact) mass is 444 g/mol. The maximum absolute atomic E-state index is 12.1. The lowest BCUT2D eigenvalue weighted by Gasteiger charge is -2.07. The molecule has 0 fully saturated rings. The van der Waals surface area contributed by atoms with Crippen LogP contribution in [-0.4, -0.2) is 9.85 Å². The molecular weight excluding hydrogens is 436 g/mol. The Balaban J connectivity index is 1.93. The van der Waals surface area contributed by atoms with Gasteiger partial charge in [0, 0.05) is 10.8 Å². The van der Waals surface area contributed by atoms with Crippen LogP contribution in [0.2, 0.25) is 0 Å². The van der Waals surface area contributed by atoms with E-state index in [1.165, 1.54) is 24.3 Å². The van der Waals surface area contributed by atoms with Gasteiger partial charge in [0.25, 0.3) is 0 Å². The van der Waals surface area contributed by atoms with Gasteiger partial charge in [-0.05, 0) is 45.9 Å². The molecular formula is C18H8N2O8S2. The fraction of sp³-hybridized carbons (Fsp3) is 0. The highest BCUT2D eigenvalue weighted by molar-refractivity contribution is 8.76. The fourth-order valence-corrected chi connectivity index (χ4v) is 5.46. The van der Waals surface area contributed by atoms with E-state index in [-0.39, 0.29) is 31.7 Å². The molecule has 0 radical (unpaired) electrons. The molecule has 0 saturated carbocycles. The zero-order valence-corrected chi connectivity index (χ0v) is 16.2. The van der Waals surface area contributed by atoms with Gasteiger partial charge in [0.2, 0.25) is 0 Å². The molecule has 4 rings (SSSR count). The topological polar surface area (TPSA) is 147 Å². The van der Waals surface area contributed by atoms with Crippen LogP contribution in [0.5, 0.6) is 0 Å². The predicted octanol–water partition coefficient (Wildman–Crippen LogP) is 4.52. The van der Waals surface area contributed by atoms with Gasteiger partial charge < -0.3 is 8.83 Å². The SMILES string of the molecule is O=c1oc2ccccc2c(SSc2c([N+](=O)[O-])c(=O)oc3ccccc23)c1[N+](=O)[O-]. The summed E-state index contributed by atoms with van der Waals surface area (Å²) in [7, 11) is 1.51. The minimum Gasteiger partial charge on any atom is -0.418 e. The lowest BCUT2D eigenvalue weighted by Crippen LogP contribution is -2.09. The van der Waals surface area contributed by atoms with E-state index in [0.717, 1.165) is 21.6 Å². The normalized spacial score (nSPS) is 11.1. The Labute approximate surface area is 173 Å². The summed E-state index contributed by atoms with van der Waals surface area (Å²) in [5.41, 5.74) is -3.61. The molecule has 12 heteroatoms. The number of benzene rings is 2. The quantitative estimate of drug-likeness (QED) is 0.186. The molecule has 30 heavy (non-hydrogen) atoms. The van der Waals surface area contributed by atoms with Crippen molar-refractivity contribution >= 4 is 54.9 Å². The summed E-state index contributed by atoms with van der Waals surface area (Å²) in [6.45, 7) is 0. The van der Waals surface area contributed by atoms with Crippen LogP contribution in [0.4, 0.5) is 11.4 Å². The third-order valence-electron chi connectivity index (χ3n) is 4.06. The Kier molecular flexibility index (Phi) is 5.01. The minimum absolute atomic E-state index is 0.0385. The van der Waals surface area contributed by atoms with Crippen LogP contribution in [0.25, 0.3) is 21.9 Å². The number of nitro groups is 2. The van der Waals surface area contributed by atoms with Crippen molar-refractivity contribution in [2.45, 2.75) is 9.79 Å². The van der Waals surface area contributed by atoms with Gasteiger partial charge >= 0.3 is 22.6 Å². The second kappa shape index (κ2) is 7.65. The molecule has 0 amide bonds. The van der Waals surface area contributed by atoms with E-state index in [2.05, 4.69) is 0 Å². The first kappa shape index (κ1) is 19.7. The van der Waals surface area contributed by atoms with Crippen molar-refractivity contribution < 1.29 is 18.7 Å². The maximum Gasteiger partial charge on any atom is 0.416 e. The highest BCUT2D eigenvalue weighted by atomic mass is 33.1. The van der Waals surface area contributed by atoms with Gasteiger partial charge in [-0.25, -0.2) is 9.59 Å². The number of fused-ring (bicyclic) bond motifs is 2. The Morgan fingerprint density at radius 2 is 1.03 bits per heavy atom. The van der Waals surface area contributed by atoms with E-state index < -0.39 is 32.5 Å². The van der Waals surface area contributed by atoms with Crippen LogP contribution in [0.3, 0.4) is 0 Å². The van der Waals surface area contributed by atoms with E-state index in [1.54, 1.807) is 24.3 Å². The standard InChI is InChI=1S/C18H8N2O8S2/c21-17-13(19(23)24)15(9-5-1-3-7-11(9)27-17)29-30-16-10-6-2-4-8-12(10)28-18(22)14(16)20(25)26/h1-8H. The van der Waals surface area contributed by atoms with Crippen molar-refractivity contribution in [2.24, 2.45) is 0 Å². The van der Waals surface area contributed by atoms with Crippen molar-refractivity contribution in [1.29, 1.82) is 0 Å². The molecule has 0 aliphatic heterocycles. The molecule has 0 aliphatic carbocycles. The van der Waals surface area contributed by atoms with Gasteiger partial charge in [-0.3, -0.25) is 20.2 Å². The van der Waals surface area contributed by atoms with Gasteiger partial charge in [0.15, 0.2) is 0 Å². The third kappa shape index (κ3) is 3.31. The predicted molar refractivity (Wildman–Crippen MR) is 110 cm³/mol. The van der Waals surface area contributed by atoms with Crippen LogP contribution in [0.15, 0.2) is 76.7 Å². The zero-order valence-electron chi connectivity index (χ0n) is 14.6. The summed E-state index contributed by atoms with van der Waals surface area (Å²) in [5, 5.41) is 23.6. The molecule has 2 heterocycles. The lowest BCUT2D eigenvalue weighted by molar-refractivity contribution is -0.390. The van der Waals surface area contributed by atoms with Crippen LogP contribution in [-0.2, 0) is 0 Å². The summed E-state index contributed by atoms with van der Waals surface area (Å²) >= 11 is 0. The maximum atomic E-state index is 12.1. The molecule has 2 aromatic heterocycles. The Bertz CT molecular complexity index is 1350.